The van der Waals surface area contributed by atoms with Gasteiger partial charge in [0, 0.05) is 23.9 Å². The van der Waals surface area contributed by atoms with Crippen LogP contribution in [-0.2, 0) is 0 Å². The number of halogens is 1. The average Bonchev–Trinajstić information content (AvgIpc) is 3.28. The van der Waals surface area contributed by atoms with E-state index in [-0.39, 0.29) is 5.82 Å². The Morgan fingerprint density at radius 2 is 1.67 bits per heavy atom. The zero-order valence-corrected chi connectivity index (χ0v) is 11.3. The molecule has 0 radical (unpaired) electrons. The number of rotatable bonds is 3. The molecule has 3 nitrogen and oxygen atoms in total. The first-order chi connectivity index (χ1) is 10.3. The maximum atomic E-state index is 13.2. The van der Waals surface area contributed by atoms with E-state index in [4.69, 9.17) is 4.52 Å². The third kappa shape index (κ3) is 2.23. The summed E-state index contributed by atoms with van der Waals surface area (Å²) in [5.41, 5.74) is 3.67. The molecular formula is C17H13FN2O. The molecule has 3 aromatic rings. The first-order valence-electron chi connectivity index (χ1n) is 6.99. The number of benzene rings is 1. The third-order valence-electron chi connectivity index (χ3n) is 3.75. The molecule has 4 rings (SSSR count). The molecule has 21 heavy (non-hydrogen) atoms. The van der Waals surface area contributed by atoms with Gasteiger partial charge in [0.2, 0.25) is 0 Å². The average molecular weight is 280 g/mol. The zero-order valence-electron chi connectivity index (χ0n) is 11.3. The van der Waals surface area contributed by atoms with E-state index in [0.717, 1.165) is 41.0 Å². The smallest absolute Gasteiger partial charge is 0.148 e. The van der Waals surface area contributed by atoms with Gasteiger partial charge in [-0.05, 0) is 42.7 Å². The van der Waals surface area contributed by atoms with Crippen LogP contribution in [0.5, 0.6) is 0 Å². The lowest BCUT2D eigenvalue weighted by molar-refractivity contribution is 0.387. The molecule has 1 aliphatic rings. The highest BCUT2D eigenvalue weighted by Gasteiger charge is 2.33. The van der Waals surface area contributed by atoms with Crippen LogP contribution in [0.1, 0.15) is 24.5 Å². The lowest BCUT2D eigenvalue weighted by Gasteiger charge is -2.04. The minimum atomic E-state index is -0.242. The van der Waals surface area contributed by atoms with E-state index in [0.29, 0.717) is 5.92 Å². The predicted octanol–water partition coefficient (Wildman–Crippen LogP) is 4.42. The van der Waals surface area contributed by atoms with E-state index in [1.807, 2.05) is 12.1 Å². The first-order valence-corrected chi connectivity index (χ1v) is 6.99. The Bertz CT molecular complexity index is 761. The van der Waals surface area contributed by atoms with E-state index in [2.05, 4.69) is 10.1 Å². The molecule has 0 amide bonds. The van der Waals surface area contributed by atoms with Gasteiger partial charge < -0.3 is 4.52 Å². The standard InChI is InChI=1S/C17H13FN2O/c18-14-5-3-11(4-6-14)15-16(12-7-9-19-10-8-12)20-21-17(15)13-1-2-13/h3-10,13H,1-2H2. The second kappa shape index (κ2) is 4.81. The van der Waals surface area contributed by atoms with Gasteiger partial charge in [0.05, 0.1) is 5.56 Å². The van der Waals surface area contributed by atoms with E-state index in [9.17, 15) is 4.39 Å². The van der Waals surface area contributed by atoms with Gasteiger partial charge in [0.25, 0.3) is 0 Å². The van der Waals surface area contributed by atoms with Gasteiger partial charge in [-0.1, -0.05) is 17.3 Å². The van der Waals surface area contributed by atoms with Gasteiger partial charge in [0.15, 0.2) is 0 Å². The summed E-state index contributed by atoms with van der Waals surface area (Å²) in [4.78, 5) is 4.03. The molecule has 0 spiro atoms. The fraction of sp³-hybridized carbons (Fsp3) is 0.176. The van der Waals surface area contributed by atoms with Crippen molar-refractivity contribution >= 4 is 0 Å². The highest BCUT2D eigenvalue weighted by Crippen LogP contribution is 2.47. The van der Waals surface area contributed by atoms with E-state index in [1.54, 1.807) is 24.5 Å². The van der Waals surface area contributed by atoms with Gasteiger partial charge in [-0.25, -0.2) is 4.39 Å². The van der Waals surface area contributed by atoms with Gasteiger partial charge in [0.1, 0.15) is 17.3 Å². The normalized spacial score (nSPS) is 14.3. The van der Waals surface area contributed by atoms with Crippen molar-refractivity contribution < 1.29 is 8.91 Å². The maximum Gasteiger partial charge on any atom is 0.148 e. The van der Waals surface area contributed by atoms with E-state index >= 15 is 0 Å². The van der Waals surface area contributed by atoms with Crippen LogP contribution in [0.4, 0.5) is 4.39 Å². The summed E-state index contributed by atoms with van der Waals surface area (Å²) in [6.45, 7) is 0. The summed E-state index contributed by atoms with van der Waals surface area (Å²) in [5, 5.41) is 4.25. The quantitative estimate of drug-likeness (QED) is 0.713. The molecule has 1 fully saturated rings. The molecule has 0 bridgehead atoms. The van der Waals surface area contributed by atoms with E-state index < -0.39 is 0 Å². The largest absolute Gasteiger partial charge is 0.360 e. The van der Waals surface area contributed by atoms with Crippen molar-refractivity contribution in [2.24, 2.45) is 0 Å². The Morgan fingerprint density at radius 1 is 0.952 bits per heavy atom. The lowest BCUT2D eigenvalue weighted by atomic mass is 9.98. The van der Waals surface area contributed by atoms with Crippen LogP contribution in [0.2, 0.25) is 0 Å². The van der Waals surface area contributed by atoms with Crippen molar-refractivity contribution in [1.82, 2.24) is 10.1 Å². The molecule has 1 saturated carbocycles. The van der Waals surface area contributed by atoms with Crippen LogP contribution in [0.15, 0.2) is 53.3 Å². The second-order valence-corrected chi connectivity index (χ2v) is 5.29. The van der Waals surface area contributed by atoms with Crippen molar-refractivity contribution in [2.45, 2.75) is 18.8 Å². The molecule has 1 aliphatic carbocycles. The molecule has 4 heteroatoms. The Morgan fingerprint density at radius 3 is 2.33 bits per heavy atom. The number of aromatic nitrogens is 2. The SMILES string of the molecule is Fc1ccc(-c2c(-c3ccncc3)noc2C2CC2)cc1. The molecule has 2 aromatic heterocycles. The molecule has 0 aliphatic heterocycles. The highest BCUT2D eigenvalue weighted by molar-refractivity contribution is 5.82. The van der Waals surface area contributed by atoms with Crippen molar-refractivity contribution in [3.05, 3.63) is 60.4 Å². The Kier molecular flexibility index (Phi) is 2.81. The van der Waals surface area contributed by atoms with Gasteiger partial charge in [-0.2, -0.15) is 0 Å². The van der Waals surface area contributed by atoms with Crippen LogP contribution in [0.3, 0.4) is 0 Å². The van der Waals surface area contributed by atoms with E-state index in [1.165, 1.54) is 12.1 Å². The first kappa shape index (κ1) is 12.3. The summed E-state index contributed by atoms with van der Waals surface area (Å²) in [7, 11) is 0. The van der Waals surface area contributed by atoms with Gasteiger partial charge in [-0.15, -0.1) is 0 Å². The van der Waals surface area contributed by atoms with Gasteiger partial charge >= 0.3 is 0 Å². The molecule has 2 heterocycles. The fourth-order valence-corrected chi connectivity index (χ4v) is 2.53. The summed E-state index contributed by atoms with van der Waals surface area (Å²) in [6.07, 6.45) is 5.71. The van der Waals surface area contributed by atoms with Crippen molar-refractivity contribution in [3.8, 4) is 22.4 Å². The summed E-state index contributed by atoms with van der Waals surface area (Å²) in [5.74, 6) is 1.11. The van der Waals surface area contributed by atoms with Crippen LogP contribution in [-0.4, -0.2) is 10.1 Å². The molecule has 0 unspecified atom stereocenters. The second-order valence-electron chi connectivity index (χ2n) is 5.29. The monoisotopic (exact) mass is 280 g/mol. The Labute approximate surface area is 121 Å². The number of hydrogen-bond donors (Lipinski definition) is 0. The number of hydrogen-bond acceptors (Lipinski definition) is 3. The van der Waals surface area contributed by atoms with Gasteiger partial charge in [-0.3, -0.25) is 4.98 Å². The minimum absolute atomic E-state index is 0.242. The molecule has 1 aromatic carbocycles. The lowest BCUT2D eigenvalue weighted by Crippen LogP contribution is -1.87. The van der Waals surface area contributed by atoms with Crippen LogP contribution < -0.4 is 0 Å². The maximum absolute atomic E-state index is 13.2. The van der Waals surface area contributed by atoms with Crippen molar-refractivity contribution in [1.29, 1.82) is 0 Å². The summed E-state index contributed by atoms with van der Waals surface area (Å²) < 4.78 is 18.8. The molecule has 0 N–H and O–H groups in total. The molecule has 0 atom stereocenters. The molecule has 0 saturated heterocycles. The molecule has 104 valence electrons. The zero-order chi connectivity index (χ0) is 14.2. The highest BCUT2D eigenvalue weighted by atomic mass is 19.1. The fourth-order valence-electron chi connectivity index (χ4n) is 2.53. The minimum Gasteiger partial charge on any atom is -0.360 e. The van der Waals surface area contributed by atoms with Crippen LogP contribution >= 0.6 is 0 Å². The van der Waals surface area contributed by atoms with Crippen LogP contribution in [0, 0.1) is 5.82 Å². The molecular weight excluding hydrogens is 267 g/mol. The number of nitrogens with zero attached hydrogens (tertiary/aromatic N) is 2. The van der Waals surface area contributed by atoms with Crippen LogP contribution in [0.25, 0.3) is 22.4 Å². The predicted molar refractivity (Wildman–Crippen MR) is 77.1 cm³/mol. The number of pyridine rings is 1. The Hall–Kier alpha value is -2.49. The topological polar surface area (TPSA) is 38.9 Å². The van der Waals surface area contributed by atoms with Crippen molar-refractivity contribution in [2.75, 3.05) is 0 Å². The Balaban J connectivity index is 1.90. The van der Waals surface area contributed by atoms with Crippen molar-refractivity contribution in [3.63, 3.8) is 0 Å². The summed E-state index contributed by atoms with van der Waals surface area (Å²) >= 11 is 0. The summed E-state index contributed by atoms with van der Waals surface area (Å²) in [6, 6.07) is 10.3. The third-order valence-corrected chi connectivity index (χ3v) is 3.75.